The summed E-state index contributed by atoms with van der Waals surface area (Å²) >= 11 is 0. The third kappa shape index (κ3) is 3.33. The minimum Gasteiger partial charge on any atom is -0.373 e. The molecule has 1 heterocycles. The zero-order valence-corrected chi connectivity index (χ0v) is 11.6. The highest BCUT2D eigenvalue weighted by atomic mass is 16.5. The maximum Gasteiger partial charge on any atom is 0.0907 e. The highest BCUT2D eigenvalue weighted by molar-refractivity contribution is 4.98. The Morgan fingerprint density at radius 2 is 2.22 bits per heavy atom. The summed E-state index contributed by atoms with van der Waals surface area (Å²) in [5, 5.41) is 4.52. The van der Waals surface area contributed by atoms with E-state index in [2.05, 4.69) is 18.9 Å². The van der Waals surface area contributed by atoms with E-state index in [1.54, 1.807) is 0 Å². The van der Waals surface area contributed by atoms with E-state index >= 15 is 0 Å². The van der Waals surface area contributed by atoms with Crippen molar-refractivity contribution in [3.63, 3.8) is 0 Å². The van der Waals surface area contributed by atoms with Crippen molar-refractivity contribution in [1.29, 1.82) is 0 Å². The normalized spacial score (nSPS) is 20.2. The topological polar surface area (TPSA) is 53.1 Å². The summed E-state index contributed by atoms with van der Waals surface area (Å²) in [4.78, 5) is 0. The van der Waals surface area contributed by atoms with Gasteiger partial charge in [-0.1, -0.05) is 19.8 Å². The molecular formula is C14H25N3O. The van der Waals surface area contributed by atoms with E-state index in [4.69, 9.17) is 10.5 Å². The van der Waals surface area contributed by atoms with Crippen LogP contribution in [0.1, 0.15) is 57.7 Å². The molecule has 18 heavy (non-hydrogen) atoms. The Hall–Kier alpha value is -0.870. The van der Waals surface area contributed by atoms with Crippen molar-refractivity contribution in [2.45, 2.75) is 64.1 Å². The van der Waals surface area contributed by atoms with Gasteiger partial charge in [-0.25, -0.2) is 0 Å². The molecule has 0 saturated heterocycles. The molecule has 0 aliphatic heterocycles. The number of rotatable bonds is 6. The smallest absolute Gasteiger partial charge is 0.0907 e. The van der Waals surface area contributed by atoms with Crippen LogP contribution in [0, 0.1) is 0 Å². The first kappa shape index (κ1) is 13.6. The Labute approximate surface area is 110 Å². The van der Waals surface area contributed by atoms with E-state index in [0.29, 0.717) is 19.3 Å². The van der Waals surface area contributed by atoms with E-state index in [0.717, 1.165) is 25.0 Å². The summed E-state index contributed by atoms with van der Waals surface area (Å²) in [7, 11) is 0. The molecule has 1 unspecified atom stereocenters. The highest BCUT2D eigenvalue weighted by Gasteiger charge is 2.29. The molecular weight excluding hydrogens is 226 g/mol. The second kappa shape index (κ2) is 5.85. The molecule has 1 aromatic rings. The second-order valence-corrected chi connectivity index (χ2v) is 5.61. The van der Waals surface area contributed by atoms with Crippen molar-refractivity contribution in [3.8, 4) is 0 Å². The van der Waals surface area contributed by atoms with Gasteiger partial charge in [-0.3, -0.25) is 4.68 Å². The molecule has 102 valence electrons. The van der Waals surface area contributed by atoms with E-state index < -0.39 is 0 Å². The van der Waals surface area contributed by atoms with Crippen LogP contribution in [-0.2, 0) is 11.3 Å². The van der Waals surface area contributed by atoms with Crippen LogP contribution < -0.4 is 5.73 Å². The Bertz CT molecular complexity index is 369. The van der Waals surface area contributed by atoms with Gasteiger partial charge in [0.15, 0.2) is 0 Å². The number of hydrogen-bond acceptors (Lipinski definition) is 3. The lowest BCUT2D eigenvalue weighted by Gasteiger charge is -2.22. The fraction of sp³-hybridized carbons (Fsp3) is 0.786. The van der Waals surface area contributed by atoms with Crippen LogP contribution in [0.15, 0.2) is 12.3 Å². The molecule has 0 bridgehead atoms. The van der Waals surface area contributed by atoms with Crippen LogP contribution in [-0.4, -0.2) is 21.9 Å². The molecule has 1 aliphatic carbocycles. The number of nitrogens with zero attached hydrogens (tertiary/aromatic N) is 2. The third-order valence-corrected chi connectivity index (χ3v) is 3.94. The van der Waals surface area contributed by atoms with Gasteiger partial charge in [0.25, 0.3) is 0 Å². The molecule has 2 rings (SSSR count). The molecule has 1 atom stereocenters. The van der Waals surface area contributed by atoms with Crippen molar-refractivity contribution in [2.75, 3.05) is 6.61 Å². The predicted molar refractivity (Wildman–Crippen MR) is 72.3 cm³/mol. The monoisotopic (exact) mass is 251 g/mol. The second-order valence-electron chi connectivity index (χ2n) is 5.61. The van der Waals surface area contributed by atoms with Crippen molar-refractivity contribution in [1.82, 2.24) is 9.78 Å². The van der Waals surface area contributed by atoms with Crippen LogP contribution in [0.4, 0.5) is 0 Å². The van der Waals surface area contributed by atoms with Gasteiger partial charge in [0.1, 0.15) is 0 Å². The number of ether oxygens (including phenoxy) is 1. The van der Waals surface area contributed by atoms with Crippen LogP contribution >= 0.6 is 0 Å². The SMILES string of the molecule is CCC(C)n1ccc(COCC2(N)CCCC2)n1. The predicted octanol–water partition coefficient (Wildman–Crippen LogP) is 2.64. The van der Waals surface area contributed by atoms with Crippen LogP contribution in [0.3, 0.4) is 0 Å². The fourth-order valence-electron chi connectivity index (χ4n) is 2.47. The van der Waals surface area contributed by atoms with E-state index in [-0.39, 0.29) is 5.54 Å². The number of hydrogen-bond donors (Lipinski definition) is 1. The third-order valence-electron chi connectivity index (χ3n) is 3.94. The summed E-state index contributed by atoms with van der Waals surface area (Å²) < 4.78 is 7.74. The highest BCUT2D eigenvalue weighted by Crippen LogP contribution is 2.27. The summed E-state index contributed by atoms with van der Waals surface area (Å²) in [6.45, 7) is 5.57. The van der Waals surface area contributed by atoms with Gasteiger partial charge in [-0.15, -0.1) is 0 Å². The minimum atomic E-state index is -0.0841. The Morgan fingerprint density at radius 1 is 1.50 bits per heavy atom. The van der Waals surface area contributed by atoms with E-state index in [9.17, 15) is 0 Å². The summed E-state index contributed by atoms with van der Waals surface area (Å²) in [6.07, 6.45) is 7.78. The van der Waals surface area contributed by atoms with Crippen molar-refractivity contribution >= 4 is 0 Å². The average molecular weight is 251 g/mol. The van der Waals surface area contributed by atoms with Crippen molar-refractivity contribution in [3.05, 3.63) is 18.0 Å². The minimum absolute atomic E-state index is 0.0841. The summed E-state index contributed by atoms with van der Waals surface area (Å²) in [6, 6.07) is 2.48. The van der Waals surface area contributed by atoms with Gasteiger partial charge in [0.2, 0.25) is 0 Å². The average Bonchev–Trinajstić information content (AvgIpc) is 2.98. The molecule has 4 heteroatoms. The lowest BCUT2D eigenvalue weighted by Crippen LogP contribution is -2.41. The Kier molecular flexibility index (Phi) is 4.40. The van der Waals surface area contributed by atoms with Gasteiger partial charge < -0.3 is 10.5 Å². The van der Waals surface area contributed by atoms with Gasteiger partial charge in [-0.2, -0.15) is 5.10 Å². The molecule has 1 aliphatic rings. The Balaban J connectivity index is 1.78. The van der Waals surface area contributed by atoms with Crippen LogP contribution in [0.2, 0.25) is 0 Å². The molecule has 1 aromatic heterocycles. The number of aromatic nitrogens is 2. The molecule has 0 aromatic carbocycles. The molecule has 4 nitrogen and oxygen atoms in total. The summed E-state index contributed by atoms with van der Waals surface area (Å²) in [5.74, 6) is 0. The zero-order chi connectivity index (χ0) is 13.0. The molecule has 0 amide bonds. The van der Waals surface area contributed by atoms with Gasteiger partial charge in [-0.05, 0) is 32.3 Å². The van der Waals surface area contributed by atoms with E-state index in [1.165, 1.54) is 12.8 Å². The van der Waals surface area contributed by atoms with E-state index in [1.807, 2.05) is 16.9 Å². The lowest BCUT2D eigenvalue weighted by atomic mass is 10.0. The fourth-order valence-corrected chi connectivity index (χ4v) is 2.47. The lowest BCUT2D eigenvalue weighted by molar-refractivity contribution is 0.0727. The molecule has 1 saturated carbocycles. The maximum atomic E-state index is 6.25. The van der Waals surface area contributed by atoms with Gasteiger partial charge >= 0.3 is 0 Å². The van der Waals surface area contributed by atoms with Crippen LogP contribution in [0.5, 0.6) is 0 Å². The van der Waals surface area contributed by atoms with Crippen molar-refractivity contribution in [2.24, 2.45) is 5.73 Å². The standard InChI is InChI=1S/C14H25N3O/c1-3-12(2)17-9-6-13(16-17)10-18-11-14(15)7-4-5-8-14/h6,9,12H,3-5,7-8,10-11,15H2,1-2H3. The largest absolute Gasteiger partial charge is 0.373 e. The first-order valence-corrected chi connectivity index (χ1v) is 7.03. The van der Waals surface area contributed by atoms with Crippen molar-refractivity contribution < 1.29 is 4.74 Å². The first-order chi connectivity index (χ1) is 8.63. The summed E-state index contributed by atoms with van der Waals surface area (Å²) in [5.41, 5.74) is 7.16. The molecule has 0 radical (unpaired) electrons. The zero-order valence-electron chi connectivity index (χ0n) is 11.6. The first-order valence-electron chi connectivity index (χ1n) is 7.03. The quantitative estimate of drug-likeness (QED) is 0.845. The Morgan fingerprint density at radius 3 is 2.89 bits per heavy atom. The molecule has 1 fully saturated rings. The van der Waals surface area contributed by atoms with Crippen LogP contribution in [0.25, 0.3) is 0 Å². The van der Waals surface area contributed by atoms with Gasteiger partial charge in [0, 0.05) is 17.8 Å². The van der Waals surface area contributed by atoms with Gasteiger partial charge in [0.05, 0.1) is 18.9 Å². The number of nitrogens with two attached hydrogens (primary N) is 1. The maximum absolute atomic E-state index is 6.25. The molecule has 2 N–H and O–H groups in total. The molecule has 0 spiro atoms.